The maximum absolute atomic E-state index is 12.7. The first-order chi connectivity index (χ1) is 12.2. The molecule has 1 amide bonds. The van der Waals surface area contributed by atoms with Gasteiger partial charge in [0.05, 0.1) is 10.9 Å². The Morgan fingerprint density at radius 1 is 1.12 bits per heavy atom. The standard InChI is InChI=1S/C18H24ClN5O/c19-14-8-9-16-21-22-18(24(16)12-14)23-10-4-5-13(11-23)17(25)20-15-6-2-1-3-7-15/h8-9,12-13,15H,1-7,10-11H2,(H,20,25). The minimum Gasteiger partial charge on any atom is -0.353 e. The molecule has 4 rings (SSSR count). The molecular formula is C18H24ClN5O. The second kappa shape index (κ2) is 7.20. The van der Waals surface area contributed by atoms with Crippen LogP contribution in [0, 0.1) is 5.92 Å². The van der Waals surface area contributed by atoms with Crippen molar-refractivity contribution in [3.05, 3.63) is 23.4 Å². The molecule has 2 aliphatic rings. The van der Waals surface area contributed by atoms with Crippen molar-refractivity contribution in [3.8, 4) is 0 Å². The lowest BCUT2D eigenvalue weighted by Gasteiger charge is -2.33. The Balaban J connectivity index is 1.46. The molecular weight excluding hydrogens is 338 g/mol. The van der Waals surface area contributed by atoms with Gasteiger partial charge in [-0.1, -0.05) is 30.9 Å². The van der Waals surface area contributed by atoms with E-state index in [-0.39, 0.29) is 11.8 Å². The van der Waals surface area contributed by atoms with Crippen LogP contribution in [0.5, 0.6) is 0 Å². The lowest BCUT2D eigenvalue weighted by Crippen LogP contribution is -2.46. The van der Waals surface area contributed by atoms with Gasteiger partial charge in [-0.3, -0.25) is 9.20 Å². The predicted octanol–water partition coefficient (Wildman–Crippen LogP) is 3.05. The highest BCUT2D eigenvalue weighted by atomic mass is 35.5. The second-order valence-electron chi connectivity index (χ2n) is 7.20. The van der Waals surface area contributed by atoms with E-state index >= 15 is 0 Å². The lowest BCUT2D eigenvalue weighted by molar-refractivity contribution is -0.126. The van der Waals surface area contributed by atoms with Crippen molar-refractivity contribution in [2.75, 3.05) is 18.0 Å². The van der Waals surface area contributed by atoms with E-state index in [4.69, 9.17) is 11.6 Å². The van der Waals surface area contributed by atoms with Crippen molar-refractivity contribution in [3.63, 3.8) is 0 Å². The number of hydrogen-bond donors (Lipinski definition) is 1. The quantitative estimate of drug-likeness (QED) is 0.912. The summed E-state index contributed by atoms with van der Waals surface area (Å²) in [6.45, 7) is 1.58. The van der Waals surface area contributed by atoms with Gasteiger partial charge in [0.1, 0.15) is 0 Å². The number of anilines is 1. The van der Waals surface area contributed by atoms with Crippen LogP contribution in [0.3, 0.4) is 0 Å². The molecule has 0 bridgehead atoms. The largest absolute Gasteiger partial charge is 0.353 e. The summed E-state index contributed by atoms with van der Waals surface area (Å²) >= 11 is 6.12. The summed E-state index contributed by atoms with van der Waals surface area (Å²) in [6, 6.07) is 4.03. The van der Waals surface area contributed by atoms with Gasteiger partial charge in [0.15, 0.2) is 5.65 Å². The summed E-state index contributed by atoms with van der Waals surface area (Å²) < 4.78 is 1.91. The first-order valence-electron chi connectivity index (χ1n) is 9.26. The molecule has 2 aromatic heterocycles. The summed E-state index contributed by atoms with van der Waals surface area (Å²) in [4.78, 5) is 14.9. The van der Waals surface area contributed by atoms with Gasteiger partial charge in [-0.2, -0.15) is 0 Å². The minimum atomic E-state index is 0.0159. The van der Waals surface area contributed by atoms with Crippen molar-refractivity contribution < 1.29 is 4.79 Å². The van der Waals surface area contributed by atoms with Crippen LogP contribution in [-0.4, -0.2) is 39.6 Å². The van der Waals surface area contributed by atoms with Gasteiger partial charge in [-0.15, -0.1) is 10.2 Å². The first kappa shape index (κ1) is 16.6. The molecule has 1 saturated heterocycles. The van der Waals surface area contributed by atoms with Gasteiger partial charge in [0, 0.05) is 25.3 Å². The van der Waals surface area contributed by atoms with Gasteiger partial charge in [-0.25, -0.2) is 0 Å². The molecule has 25 heavy (non-hydrogen) atoms. The molecule has 134 valence electrons. The number of fused-ring (bicyclic) bond motifs is 1. The third kappa shape index (κ3) is 3.59. The highest BCUT2D eigenvalue weighted by molar-refractivity contribution is 6.30. The summed E-state index contributed by atoms with van der Waals surface area (Å²) in [7, 11) is 0. The zero-order chi connectivity index (χ0) is 17.2. The fourth-order valence-corrected chi connectivity index (χ4v) is 4.17. The lowest BCUT2D eigenvalue weighted by atomic mass is 9.93. The maximum Gasteiger partial charge on any atom is 0.231 e. The third-order valence-electron chi connectivity index (χ3n) is 5.37. The molecule has 6 nitrogen and oxygen atoms in total. The molecule has 0 radical (unpaired) electrons. The number of hydrogen-bond acceptors (Lipinski definition) is 4. The number of halogens is 1. The van der Waals surface area contributed by atoms with Gasteiger partial charge in [0.2, 0.25) is 11.9 Å². The zero-order valence-corrected chi connectivity index (χ0v) is 15.1. The molecule has 7 heteroatoms. The van der Waals surface area contributed by atoms with Crippen molar-refractivity contribution in [2.45, 2.75) is 51.0 Å². The summed E-state index contributed by atoms with van der Waals surface area (Å²) in [6.07, 6.45) is 9.75. The van der Waals surface area contributed by atoms with E-state index in [1.54, 1.807) is 0 Å². The van der Waals surface area contributed by atoms with E-state index in [0.29, 0.717) is 17.6 Å². The Bertz CT molecular complexity index is 755. The first-order valence-corrected chi connectivity index (χ1v) is 9.64. The van der Waals surface area contributed by atoms with Crippen LogP contribution in [0.25, 0.3) is 5.65 Å². The number of rotatable bonds is 3. The molecule has 3 heterocycles. The molecule has 1 N–H and O–H groups in total. The fourth-order valence-electron chi connectivity index (χ4n) is 4.01. The smallest absolute Gasteiger partial charge is 0.231 e. The number of pyridine rings is 1. The molecule has 2 fully saturated rings. The van der Waals surface area contributed by atoms with E-state index in [1.807, 2.05) is 22.7 Å². The summed E-state index contributed by atoms with van der Waals surface area (Å²) in [5, 5.41) is 12.4. The highest BCUT2D eigenvalue weighted by Crippen LogP contribution is 2.25. The summed E-state index contributed by atoms with van der Waals surface area (Å²) in [5.74, 6) is 0.985. The van der Waals surface area contributed by atoms with E-state index < -0.39 is 0 Å². The van der Waals surface area contributed by atoms with Crippen molar-refractivity contribution in [2.24, 2.45) is 5.92 Å². The van der Waals surface area contributed by atoms with Crippen molar-refractivity contribution >= 4 is 29.1 Å². The van der Waals surface area contributed by atoms with Crippen LogP contribution in [0.2, 0.25) is 5.02 Å². The van der Waals surface area contributed by atoms with Gasteiger partial charge < -0.3 is 10.2 Å². The van der Waals surface area contributed by atoms with Crippen LogP contribution in [0.1, 0.15) is 44.9 Å². The Morgan fingerprint density at radius 3 is 2.80 bits per heavy atom. The average Bonchev–Trinajstić information content (AvgIpc) is 3.05. The van der Waals surface area contributed by atoms with Crippen LogP contribution in [0.4, 0.5) is 5.95 Å². The third-order valence-corrected chi connectivity index (χ3v) is 5.60. The molecule has 1 unspecified atom stereocenters. The number of aromatic nitrogens is 3. The van der Waals surface area contributed by atoms with Crippen molar-refractivity contribution in [1.29, 1.82) is 0 Å². The minimum absolute atomic E-state index is 0.0159. The highest BCUT2D eigenvalue weighted by Gasteiger charge is 2.29. The topological polar surface area (TPSA) is 62.5 Å². The monoisotopic (exact) mass is 361 g/mol. The number of piperidine rings is 1. The Kier molecular flexibility index (Phi) is 4.79. The molecule has 1 saturated carbocycles. The Hall–Kier alpha value is -1.82. The number of carbonyl (C=O) groups is 1. The zero-order valence-electron chi connectivity index (χ0n) is 14.3. The normalized spacial score (nSPS) is 22.3. The van der Waals surface area contributed by atoms with Crippen LogP contribution < -0.4 is 10.2 Å². The van der Waals surface area contributed by atoms with Gasteiger partial charge in [-0.05, 0) is 37.8 Å². The molecule has 1 aliphatic carbocycles. The molecule has 0 spiro atoms. The number of amides is 1. The molecule has 0 aromatic carbocycles. The SMILES string of the molecule is O=C(NC1CCCCC1)C1CCCN(c2nnc3ccc(Cl)cn23)C1. The molecule has 2 aromatic rings. The predicted molar refractivity (Wildman–Crippen MR) is 97.9 cm³/mol. The average molecular weight is 362 g/mol. The van der Waals surface area contributed by atoms with Crippen LogP contribution in [-0.2, 0) is 4.79 Å². The van der Waals surface area contributed by atoms with Gasteiger partial charge in [0.25, 0.3) is 0 Å². The number of nitrogens with zero attached hydrogens (tertiary/aromatic N) is 4. The molecule has 1 aliphatic heterocycles. The Labute approximate surface area is 152 Å². The van der Waals surface area contributed by atoms with E-state index in [0.717, 1.165) is 43.8 Å². The van der Waals surface area contributed by atoms with E-state index in [2.05, 4.69) is 20.4 Å². The number of nitrogens with one attached hydrogen (secondary N) is 1. The van der Waals surface area contributed by atoms with Crippen LogP contribution in [0.15, 0.2) is 18.3 Å². The second-order valence-corrected chi connectivity index (χ2v) is 7.64. The fraction of sp³-hybridized carbons (Fsp3) is 0.611. The number of carbonyl (C=O) groups excluding carboxylic acids is 1. The van der Waals surface area contributed by atoms with Crippen molar-refractivity contribution in [1.82, 2.24) is 19.9 Å². The summed E-state index contributed by atoms with van der Waals surface area (Å²) in [5.41, 5.74) is 0.771. The van der Waals surface area contributed by atoms with E-state index in [9.17, 15) is 4.79 Å². The van der Waals surface area contributed by atoms with Crippen LogP contribution >= 0.6 is 11.6 Å². The van der Waals surface area contributed by atoms with Gasteiger partial charge >= 0.3 is 0 Å². The Morgan fingerprint density at radius 2 is 1.96 bits per heavy atom. The maximum atomic E-state index is 12.7. The molecule has 1 atom stereocenters. The van der Waals surface area contributed by atoms with E-state index in [1.165, 1.54) is 19.3 Å².